The highest BCUT2D eigenvalue weighted by molar-refractivity contribution is 5.46. The van der Waals surface area contributed by atoms with Gasteiger partial charge in [0, 0.05) is 19.6 Å². The lowest BCUT2D eigenvalue weighted by Gasteiger charge is -2.36. The van der Waals surface area contributed by atoms with Gasteiger partial charge in [-0.25, -0.2) is 0 Å². The summed E-state index contributed by atoms with van der Waals surface area (Å²) in [5, 5.41) is 10.1. The summed E-state index contributed by atoms with van der Waals surface area (Å²) in [7, 11) is 0. The van der Waals surface area contributed by atoms with Gasteiger partial charge in [0.1, 0.15) is 6.10 Å². The Labute approximate surface area is 183 Å². The highest BCUT2D eigenvalue weighted by Crippen LogP contribution is 2.29. The molecule has 1 aromatic heterocycles. The number of anilines is 2. The van der Waals surface area contributed by atoms with Crippen molar-refractivity contribution in [1.82, 2.24) is 15.0 Å². The summed E-state index contributed by atoms with van der Waals surface area (Å²) in [6.45, 7) is 3.53. The molecule has 0 amide bonds. The molecule has 0 bridgehead atoms. The fraction of sp³-hybridized carbons (Fsp3) is 0.609. The molecule has 1 aromatic carbocycles. The van der Waals surface area contributed by atoms with Crippen LogP contribution in [0.1, 0.15) is 43.2 Å². The minimum atomic E-state index is -0.0719. The molecule has 31 heavy (non-hydrogen) atoms. The van der Waals surface area contributed by atoms with E-state index in [1.165, 1.54) is 30.4 Å². The van der Waals surface area contributed by atoms with Crippen LogP contribution in [0.4, 0.5) is 11.9 Å². The van der Waals surface area contributed by atoms with Crippen LogP contribution in [0.25, 0.3) is 0 Å². The molecule has 8 nitrogen and oxygen atoms in total. The predicted molar refractivity (Wildman–Crippen MR) is 118 cm³/mol. The van der Waals surface area contributed by atoms with Crippen LogP contribution in [0.3, 0.4) is 0 Å². The number of ether oxygens (including phenoxy) is 2. The van der Waals surface area contributed by atoms with Gasteiger partial charge in [-0.3, -0.25) is 0 Å². The molecule has 1 aliphatic carbocycles. The van der Waals surface area contributed by atoms with Crippen LogP contribution in [-0.2, 0) is 17.7 Å². The summed E-state index contributed by atoms with van der Waals surface area (Å²) in [4.78, 5) is 18.5. The molecular formula is C23H31N5O3. The van der Waals surface area contributed by atoms with Crippen molar-refractivity contribution in [1.29, 1.82) is 0 Å². The lowest BCUT2D eigenvalue weighted by molar-refractivity contribution is 0.121. The number of aliphatic hydroxyl groups is 1. The fourth-order valence-corrected chi connectivity index (χ4v) is 4.74. The highest BCUT2D eigenvalue weighted by Gasteiger charge is 2.30. The molecule has 166 valence electrons. The molecule has 3 heterocycles. The van der Waals surface area contributed by atoms with E-state index < -0.39 is 0 Å². The summed E-state index contributed by atoms with van der Waals surface area (Å²) in [5.41, 5.74) is 2.52. The van der Waals surface area contributed by atoms with Crippen LogP contribution < -0.4 is 14.5 Å². The first-order valence-corrected chi connectivity index (χ1v) is 11.5. The Kier molecular flexibility index (Phi) is 6.18. The number of benzene rings is 1. The maximum Gasteiger partial charge on any atom is 0.323 e. The molecule has 0 unspecified atom stereocenters. The molecule has 1 N–H and O–H groups in total. The van der Waals surface area contributed by atoms with E-state index in [-0.39, 0.29) is 18.8 Å². The van der Waals surface area contributed by atoms with Crippen LogP contribution in [0.5, 0.6) is 6.01 Å². The molecular weight excluding hydrogens is 394 g/mol. The maximum atomic E-state index is 10.1. The van der Waals surface area contributed by atoms with Gasteiger partial charge in [-0.05, 0) is 43.2 Å². The molecule has 2 fully saturated rings. The van der Waals surface area contributed by atoms with E-state index in [0.29, 0.717) is 37.7 Å². The van der Waals surface area contributed by atoms with Crippen LogP contribution in [0, 0.1) is 0 Å². The van der Waals surface area contributed by atoms with Crippen molar-refractivity contribution in [3.63, 3.8) is 0 Å². The molecule has 1 atom stereocenters. The number of fused-ring (bicyclic) bond motifs is 1. The summed E-state index contributed by atoms with van der Waals surface area (Å²) in [6.07, 6.45) is 6.67. The Hall–Kier alpha value is -2.45. The van der Waals surface area contributed by atoms with E-state index >= 15 is 0 Å². The van der Waals surface area contributed by atoms with Crippen molar-refractivity contribution in [2.24, 2.45) is 0 Å². The number of hydrogen-bond acceptors (Lipinski definition) is 8. The Balaban J connectivity index is 1.47. The molecule has 1 saturated carbocycles. The first kappa shape index (κ1) is 20.5. The zero-order chi connectivity index (χ0) is 21.0. The van der Waals surface area contributed by atoms with Crippen molar-refractivity contribution in [2.75, 3.05) is 42.7 Å². The van der Waals surface area contributed by atoms with E-state index in [0.717, 1.165) is 32.4 Å². The van der Waals surface area contributed by atoms with E-state index in [4.69, 9.17) is 19.4 Å². The topological polar surface area (TPSA) is 83.8 Å². The molecule has 2 aromatic rings. The zero-order valence-corrected chi connectivity index (χ0v) is 17.9. The third-order valence-electron chi connectivity index (χ3n) is 6.53. The van der Waals surface area contributed by atoms with E-state index in [1.807, 2.05) is 0 Å². The van der Waals surface area contributed by atoms with Crippen LogP contribution >= 0.6 is 0 Å². The van der Waals surface area contributed by atoms with Gasteiger partial charge in [-0.1, -0.05) is 30.7 Å². The molecule has 3 aliphatic rings. The second kappa shape index (κ2) is 9.36. The van der Waals surface area contributed by atoms with Crippen molar-refractivity contribution in [2.45, 2.75) is 57.2 Å². The van der Waals surface area contributed by atoms with Crippen LogP contribution in [0.15, 0.2) is 24.3 Å². The van der Waals surface area contributed by atoms with E-state index in [9.17, 15) is 5.11 Å². The number of nitrogens with zero attached hydrogens (tertiary/aromatic N) is 5. The second-order valence-corrected chi connectivity index (χ2v) is 8.63. The predicted octanol–water partition coefficient (Wildman–Crippen LogP) is 2.34. The average Bonchev–Trinajstić information content (AvgIpc) is 2.84. The van der Waals surface area contributed by atoms with Crippen molar-refractivity contribution in [3.05, 3.63) is 35.4 Å². The Morgan fingerprint density at radius 1 is 0.968 bits per heavy atom. The van der Waals surface area contributed by atoms with Gasteiger partial charge in [0.05, 0.1) is 25.9 Å². The standard InChI is InChI=1S/C23H31N5O3/c29-16-19-14-17-6-4-5-7-18(17)15-28(19)22-24-21(27-10-12-30-13-11-27)25-23(26-22)31-20-8-2-1-3-9-20/h4-7,19-20,29H,1-3,8-16H2/t19-/m0/s1. The lowest BCUT2D eigenvalue weighted by atomic mass is 9.94. The second-order valence-electron chi connectivity index (χ2n) is 8.63. The number of aliphatic hydroxyl groups excluding tert-OH is 1. The van der Waals surface area contributed by atoms with Crippen LogP contribution in [0.2, 0.25) is 0 Å². The molecule has 1 saturated heterocycles. The number of aromatic nitrogens is 3. The minimum Gasteiger partial charge on any atom is -0.460 e. The monoisotopic (exact) mass is 425 g/mol. The average molecular weight is 426 g/mol. The fourth-order valence-electron chi connectivity index (χ4n) is 4.74. The van der Waals surface area contributed by atoms with Gasteiger partial charge in [0.25, 0.3) is 0 Å². The Morgan fingerprint density at radius 3 is 2.48 bits per heavy atom. The Morgan fingerprint density at radius 2 is 1.71 bits per heavy atom. The molecule has 2 aliphatic heterocycles. The first-order valence-electron chi connectivity index (χ1n) is 11.5. The van der Waals surface area contributed by atoms with Crippen molar-refractivity contribution >= 4 is 11.9 Å². The van der Waals surface area contributed by atoms with E-state index in [2.05, 4.69) is 39.0 Å². The molecule has 0 radical (unpaired) electrons. The van der Waals surface area contributed by atoms with Gasteiger partial charge < -0.3 is 24.4 Å². The molecule has 8 heteroatoms. The normalized spacial score (nSPS) is 22.3. The Bertz CT molecular complexity index is 883. The van der Waals surface area contributed by atoms with Crippen molar-refractivity contribution < 1.29 is 14.6 Å². The smallest absolute Gasteiger partial charge is 0.323 e. The maximum absolute atomic E-state index is 10.1. The summed E-state index contributed by atoms with van der Waals surface area (Å²) in [5.74, 6) is 1.21. The lowest BCUT2D eigenvalue weighted by Crippen LogP contribution is -2.44. The minimum absolute atomic E-state index is 0.0473. The van der Waals surface area contributed by atoms with Gasteiger partial charge in [-0.15, -0.1) is 0 Å². The number of hydrogen-bond donors (Lipinski definition) is 1. The largest absolute Gasteiger partial charge is 0.460 e. The van der Waals surface area contributed by atoms with Gasteiger partial charge in [0.2, 0.25) is 11.9 Å². The van der Waals surface area contributed by atoms with E-state index in [1.54, 1.807) is 0 Å². The third-order valence-corrected chi connectivity index (χ3v) is 6.53. The van der Waals surface area contributed by atoms with Gasteiger partial charge in [0.15, 0.2) is 0 Å². The number of rotatable bonds is 5. The van der Waals surface area contributed by atoms with Gasteiger partial charge in [-0.2, -0.15) is 15.0 Å². The van der Waals surface area contributed by atoms with Crippen molar-refractivity contribution in [3.8, 4) is 6.01 Å². The summed E-state index contributed by atoms with van der Waals surface area (Å²) < 4.78 is 11.8. The SMILES string of the molecule is OC[C@@H]1Cc2ccccc2CN1c1nc(OC2CCCCC2)nc(N2CCOCC2)n1. The summed E-state index contributed by atoms with van der Waals surface area (Å²) in [6, 6.07) is 8.71. The molecule has 5 rings (SSSR count). The zero-order valence-electron chi connectivity index (χ0n) is 17.9. The summed E-state index contributed by atoms with van der Waals surface area (Å²) >= 11 is 0. The molecule has 0 spiro atoms. The quantitative estimate of drug-likeness (QED) is 0.782. The number of morpholine rings is 1. The first-order chi connectivity index (χ1) is 15.3. The van der Waals surface area contributed by atoms with Crippen LogP contribution in [-0.4, -0.2) is 65.1 Å². The highest BCUT2D eigenvalue weighted by atomic mass is 16.5. The third kappa shape index (κ3) is 4.60. The van der Waals surface area contributed by atoms with Gasteiger partial charge >= 0.3 is 6.01 Å².